The fraction of sp³-hybridized carbons (Fsp3) is 0.667. The third-order valence-electron chi connectivity index (χ3n) is 3.26. The van der Waals surface area contributed by atoms with Crippen molar-refractivity contribution in [2.24, 2.45) is 0 Å². The maximum absolute atomic E-state index is 11.9. The minimum atomic E-state index is -1.13. The average Bonchev–Trinajstić information content (AvgIpc) is 2.83. The van der Waals surface area contributed by atoms with Crippen molar-refractivity contribution in [1.82, 2.24) is 10.3 Å². The zero-order chi connectivity index (χ0) is 12.5. The summed E-state index contributed by atoms with van der Waals surface area (Å²) >= 11 is 1.59. The largest absolute Gasteiger partial charge is 0.380 e. The highest BCUT2D eigenvalue weighted by Crippen LogP contribution is 2.29. The van der Waals surface area contributed by atoms with E-state index in [9.17, 15) is 9.90 Å². The number of carbonyl (C=O) groups is 1. The second-order valence-electron chi connectivity index (χ2n) is 4.66. The van der Waals surface area contributed by atoms with Gasteiger partial charge in [-0.05, 0) is 39.5 Å². The highest BCUT2D eigenvalue weighted by Gasteiger charge is 2.38. The van der Waals surface area contributed by atoms with Gasteiger partial charge < -0.3 is 10.4 Å². The lowest BCUT2D eigenvalue weighted by Crippen LogP contribution is -2.44. The van der Waals surface area contributed by atoms with Gasteiger partial charge in [-0.1, -0.05) is 0 Å². The second kappa shape index (κ2) is 4.74. The van der Waals surface area contributed by atoms with E-state index in [2.05, 4.69) is 10.3 Å². The van der Waals surface area contributed by atoms with Gasteiger partial charge in [-0.15, -0.1) is 11.3 Å². The van der Waals surface area contributed by atoms with Crippen LogP contribution in [0.2, 0.25) is 0 Å². The van der Waals surface area contributed by atoms with Crippen molar-refractivity contribution < 1.29 is 9.90 Å². The van der Waals surface area contributed by atoms with E-state index in [1.807, 2.05) is 13.8 Å². The van der Waals surface area contributed by atoms with Crippen molar-refractivity contribution in [3.63, 3.8) is 0 Å². The number of hydrogen-bond acceptors (Lipinski definition) is 4. The Morgan fingerprint density at radius 3 is 2.65 bits per heavy atom. The van der Waals surface area contributed by atoms with Gasteiger partial charge in [0.05, 0.1) is 17.2 Å². The van der Waals surface area contributed by atoms with Crippen molar-refractivity contribution in [3.8, 4) is 0 Å². The number of carbonyl (C=O) groups excluding carboxylic acids is 1. The molecule has 0 bridgehead atoms. The Hall–Kier alpha value is -0.940. The Bertz CT molecular complexity index is 422. The van der Waals surface area contributed by atoms with E-state index in [0.717, 1.165) is 28.4 Å². The minimum Gasteiger partial charge on any atom is -0.380 e. The highest BCUT2D eigenvalue weighted by atomic mass is 32.1. The topological polar surface area (TPSA) is 62.2 Å². The molecule has 0 atom stereocenters. The van der Waals surface area contributed by atoms with Gasteiger partial charge in [-0.2, -0.15) is 0 Å². The van der Waals surface area contributed by atoms with Crippen LogP contribution < -0.4 is 5.32 Å². The number of amides is 1. The van der Waals surface area contributed by atoms with Crippen molar-refractivity contribution in [2.75, 3.05) is 0 Å². The molecule has 1 aliphatic rings. The fourth-order valence-electron chi connectivity index (χ4n) is 2.25. The van der Waals surface area contributed by atoms with Gasteiger partial charge in [-0.25, -0.2) is 4.98 Å². The molecule has 0 spiro atoms. The smallest absolute Gasteiger partial charge is 0.252 e. The molecule has 0 saturated heterocycles. The Morgan fingerprint density at radius 2 is 2.12 bits per heavy atom. The van der Waals surface area contributed by atoms with Crippen LogP contribution in [0.15, 0.2) is 0 Å². The Labute approximate surface area is 105 Å². The van der Waals surface area contributed by atoms with Crippen LogP contribution >= 0.6 is 11.3 Å². The van der Waals surface area contributed by atoms with Crippen LogP contribution in [0, 0.1) is 13.8 Å². The Morgan fingerprint density at radius 1 is 1.47 bits per heavy atom. The van der Waals surface area contributed by atoms with E-state index in [0.29, 0.717) is 19.4 Å². The van der Waals surface area contributed by atoms with E-state index < -0.39 is 5.60 Å². The van der Waals surface area contributed by atoms with Crippen LogP contribution in [0.5, 0.6) is 0 Å². The number of hydrogen-bond donors (Lipinski definition) is 2. The monoisotopic (exact) mass is 254 g/mol. The van der Waals surface area contributed by atoms with Gasteiger partial charge in [-0.3, -0.25) is 4.79 Å². The minimum absolute atomic E-state index is 0.236. The van der Waals surface area contributed by atoms with Gasteiger partial charge in [0.2, 0.25) is 0 Å². The first-order valence-corrected chi connectivity index (χ1v) is 6.76. The van der Waals surface area contributed by atoms with E-state index >= 15 is 0 Å². The quantitative estimate of drug-likeness (QED) is 0.862. The summed E-state index contributed by atoms with van der Waals surface area (Å²) in [7, 11) is 0. The van der Waals surface area contributed by atoms with Gasteiger partial charge in [0.25, 0.3) is 5.91 Å². The summed E-state index contributed by atoms with van der Waals surface area (Å²) in [5, 5.41) is 13.9. The maximum Gasteiger partial charge on any atom is 0.252 e. The van der Waals surface area contributed by atoms with E-state index in [1.165, 1.54) is 0 Å². The van der Waals surface area contributed by atoms with E-state index in [4.69, 9.17) is 0 Å². The standard InChI is InChI=1S/C12H18N2O2S/c1-8-10(17-9(2)14-8)7-13-11(15)12(16)5-3-4-6-12/h16H,3-7H2,1-2H3,(H,13,15). The molecule has 1 amide bonds. The number of aryl methyl sites for hydroxylation is 2. The van der Waals surface area contributed by atoms with Crippen LogP contribution in [0.1, 0.15) is 41.3 Å². The van der Waals surface area contributed by atoms with Gasteiger partial charge in [0.15, 0.2) is 0 Å². The predicted molar refractivity (Wildman–Crippen MR) is 66.9 cm³/mol. The van der Waals surface area contributed by atoms with E-state index in [1.54, 1.807) is 11.3 Å². The molecule has 1 aromatic heterocycles. The summed E-state index contributed by atoms with van der Waals surface area (Å²) in [6.45, 7) is 4.36. The number of aromatic nitrogens is 1. The summed E-state index contributed by atoms with van der Waals surface area (Å²) in [6, 6.07) is 0. The third-order valence-corrected chi connectivity index (χ3v) is 4.34. The summed E-state index contributed by atoms with van der Waals surface area (Å²) in [5.41, 5.74) is -0.167. The molecule has 2 N–H and O–H groups in total. The fourth-order valence-corrected chi connectivity index (χ4v) is 3.13. The normalized spacial score (nSPS) is 18.3. The summed E-state index contributed by atoms with van der Waals surface area (Å²) in [6.07, 6.45) is 3.03. The number of aliphatic hydroxyl groups is 1. The van der Waals surface area contributed by atoms with Gasteiger partial charge in [0.1, 0.15) is 5.60 Å². The molecule has 0 radical (unpaired) electrons. The molecule has 5 heteroatoms. The molecule has 17 heavy (non-hydrogen) atoms. The molecular weight excluding hydrogens is 236 g/mol. The molecule has 1 aromatic rings. The molecular formula is C12H18N2O2S. The van der Waals surface area contributed by atoms with Crippen molar-refractivity contribution in [1.29, 1.82) is 0 Å². The maximum atomic E-state index is 11.9. The van der Waals surface area contributed by atoms with Crippen molar-refractivity contribution in [3.05, 3.63) is 15.6 Å². The number of nitrogens with one attached hydrogen (secondary N) is 1. The van der Waals surface area contributed by atoms with Crippen LogP contribution in [0.25, 0.3) is 0 Å². The molecule has 0 unspecified atom stereocenters. The molecule has 1 heterocycles. The molecule has 94 valence electrons. The zero-order valence-corrected chi connectivity index (χ0v) is 11.1. The first-order valence-electron chi connectivity index (χ1n) is 5.95. The lowest BCUT2D eigenvalue weighted by Gasteiger charge is -2.20. The first kappa shape index (κ1) is 12.5. The second-order valence-corrected chi connectivity index (χ2v) is 5.95. The lowest BCUT2D eigenvalue weighted by molar-refractivity contribution is -0.139. The van der Waals surface area contributed by atoms with Crippen LogP contribution in [-0.4, -0.2) is 21.6 Å². The SMILES string of the molecule is Cc1nc(C)c(CNC(=O)C2(O)CCCC2)s1. The van der Waals surface area contributed by atoms with E-state index in [-0.39, 0.29) is 5.91 Å². The molecule has 1 fully saturated rings. The number of nitrogens with zero attached hydrogens (tertiary/aromatic N) is 1. The molecule has 2 rings (SSSR count). The molecule has 4 nitrogen and oxygen atoms in total. The Balaban J connectivity index is 1.94. The van der Waals surface area contributed by atoms with Crippen LogP contribution in [0.3, 0.4) is 0 Å². The lowest BCUT2D eigenvalue weighted by atomic mass is 10.0. The van der Waals surface area contributed by atoms with Crippen LogP contribution in [-0.2, 0) is 11.3 Å². The molecule has 0 aromatic carbocycles. The Kier molecular flexibility index (Phi) is 3.49. The highest BCUT2D eigenvalue weighted by molar-refractivity contribution is 7.11. The summed E-state index contributed by atoms with van der Waals surface area (Å²) in [5.74, 6) is -0.236. The molecule has 1 saturated carbocycles. The van der Waals surface area contributed by atoms with Crippen LogP contribution in [0.4, 0.5) is 0 Å². The molecule has 0 aliphatic heterocycles. The molecule has 1 aliphatic carbocycles. The first-order chi connectivity index (χ1) is 8.01. The predicted octanol–water partition coefficient (Wildman–Crippen LogP) is 1.68. The summed E-state index contributed by atoms with van der Waals surface area (Å²) < 4.78 is 0. The van der Waals surface area contributed by atoms with Crippen molar-refractivity contribution >= 4 is 17.2 Å². The van der Waals surface area contributed by atoms with Crippen molar-refractivity contribution in [2.45, 2.75) is 51.7 Å². The van der Waals surface area contributed by atoms with Gasteiger partial charge >= 0.3 is 0 Å². The third kappa shape index (κ3) is 2.66. The zero-order valence-electron chi connectivity index (χ0n) is 10.2. The average molecular weight is 254 g/mol. The van der Waals surface area contributed by atoms with Gasteiger partial charge in [0, 0.05) is 4.88 Å². The number of thiazole rings is 1. The summed E-state index contributed by atoms with van der Waals surface area (Å²) in [4.78, 5) is 17.3. The number of rotatable bonds is 3.